The predicted molar refractivity (Wildman–Crippen MR) is 157 cm³/mol. The fraction of sp³-hybridized carbons (Fsp3) is 0.633. The normalized spacial score (nSPS) is 21.0. The Morgan fingerprint density at radius 1 is 1.12 bits per heavy atom. The van der Waals surface area contributed by atoms with E-state index in [1.807, 2.05) is 43.9 Å². The molecule has 3 aromatic rings. The van der Waals surface area contributed by atoms with Gasteiger partial charge in [0.15, 0.2) is 23.2 Å². The molecule has 0 spiro atoms. The first-order valence-electron chi connectivity index (χ1n) is 15.1. The van der Waals surface area contributed by atoms with E-state index in [4.69, 9.17) is 24.5 Å². The molecule has 0 radical (unpaired) electrons. The van der Waals surface area contributed by atoms with Gasteiger partial charge in [0.1, 0.15) is 11.4 Å². The van der Waals surface area contributed by atoms with Crippen LogP contribution in [0.5, 0.6) is 0 Å². The highest BCUT2D eigenvalue weighted by molar-refractivity contribution is 5.88. The molecule has 6 rings (SSSR count). The topological polar surface area (TPSA) is 111 Å². The molecule has 0 aliphatic carbocycles. The Bertz CT molecular complexity index is 1370. The van der Waals surface area contributed by atoms with Crippen molar-refractivity contribution >= 4 is 34.6 Å². The number of piperidine rings is 1. The second-order valence-electron chi connectivity index (χ2n) is 12.5. The van der Waals surface area contributed by atoms with Gasteiger partial charge in [-0.2, -0.15) is 0 Å². The third kappa shape index (κ3) is 5.95. The molecule has 1 N–H and O–H groups in total. The van der Waals surface area contributed by atoms with E-state index in [9.17, 15) is 4.79 Å². The van der Waals surface area contributed by atoms with Gasteiger partial charge >= 0.3 is 6.09 Å². The second kappa shape index (κ2) is 11.4. The average Bonchev–Trinajstić information content (AvgIpc) is 3.35. The van der Waals surface area contributed by atoms with Crippen molar-refractivity contribution in [2.75, 3.05) is 36.0 Å². The number of fused-ring (bicyclic) bond motifs is 2. The molecule has 3 aliphatic heterocycles. The van der Waals surface area contributed by atoms with Crippen LogP contribution in [0.3, 0.4) is 0 Å². The Kier molecular flexibility index (Phi) is 7.72. The lowest BCUT2D eigenvalue weighted by Crippen LogP contribution is -2.45. The van der Waals surface area contributed by atoms with Gasteiger partial charge in [-0.05, 0) is 90.7 Å². The lowest BCUT2D eigenvalue weighted by atomic mass is 9.90. The number of aryl methyl sites for hydroxylation is 1. The van der Waals surface area contributed by atoms with Crippen molar-refractivity contribution in [1.82, 2.24) is 30.0 Å². The maximum atomic E-state index is 12.3. The Morgan fingerprint density at radius 2 is 1.95 bits per heavy atom. The molecule has 11 heteroatoms. The predicted octanol–water partition coefficient (Wildman–Crippen LogP) is 5.13. The SMILES string of the molecule is CC(NC(=O)OC(C)(C)C)C1CCN(c2cnc3c(N4CCCc5ncccc54)nn(C4CCCCO4)c3n2)CC1. The molecule has 2 saturated heterocycles. The van der Waals surface area contributed by atoms with Gasteiger partial charge in [0.05, 0.1) is 17.6 Å². The zero-order valence-corrected chi connectivity index (χ0v) is 24.7. The number of carbonyl (C=O) groups excluding carboxylic acids is 1. The number of anilines is 3. The molecule has 3 aromatic heterocycles. The molecule has 0 bridgehead atoms. The smallest absolute Gasteiger partial charge is 0.407 e. The van der Waals surface area contributed by atoms with Crippen molar-refractivity contribution in [1.29, 1.82) is 0 Å². The van der Waals surface area contributed by atoms with E-state index in [0.717, 1.165) is 105 Å². The van der Waals surface area contributed by atoms with Crippen molar-refractivity contribution in [3.8, 4) is 0 Å². The zero-order chi connectivity index (χ0) is 28.6. The van der Waals surface area contributed by atoms with Gasteiger partial charge in [0.2, 0.25) is 0 Å². The van der Waals surface area contributed by atoms with Crippen LogP contribution in [0.2, 0.25) is 0 Å². The third-order valence-corrected chi connectivity index (χ3v) is 8.32. The van der Waals surface area contributed by atoms with Gasteiger partial charge in [-0.25, -0.2) is 19.4 Å². The maximum absolute atomic E-state index is 12.3. The highest BCUT2D eigenvalue weighted by atomic mass is 16.6. The molecule has 220 valence electrons. The third-order valence-electron chi connectivity index (χ3n) is 8.32. The largest absolute Gasteiger partial charge is 0.444 e. The van der Waals surface area contributed by atoms with Crippen LogP contribution < -0.4 is 15.1 Å². The van der Waals surface area contributed by atoms with Crippen LogP contribution in [0.25, 0.3) is 11.2 Å². The van der Waals surface area contributed by atoms with Crippen LogP contribution >= 0.6 is 0 Å². The molecule has 11 nitrogen and oxygen atoms in total. The first-order chi connectivity index (χ1) is 19.8. The van der Waals surface area contributed by atoms with E-state index in [-0.39, 0.29) is 18.4 Å². The van der Waals surface area contributed by atoms with E-state index in [0.29, 0.717) is 5.92 Å². The number of nitrogens with one attached hydrogen (secondary N) is 1. The van der Waals surface area contributed by atoms with Crippen LogP contribution in [-0.2, 0) is 15.9 Å². The van der Waals surface area contributed by atoms with Crippen LogP contribution in [0, 0.1) is 5.92 Å². The lowest BCUT2D eigenvalue weighted by molar-refractivity contribution is -0.0368. The maximum Gasteiger partial charge on any atom is 0.407 e. The van der Waals surface area contributed by atoms with Gasteiger partial charge < -0.3 is 24.6 Å². The highest BCUT2D eigenvalue weighted by Crippen LogP contribution is 2.37. The van der Waals surface area contributed by atoms with E-state index in [1.165, 1.54) is 0 Å². The van der Waals surface area contributed by atoms with Crippen molar-refractivity contribution in [3.63, 3.8) is 0 Å². The molecule has 2 fully saturated rings. The van der Waals surface area contributed by atoms with Crippen molar-refractivity contribution < 1.29 is 14.3 Å². The minimum Gasteiger partial charge on any atom is -0.444 e. The Labute approximate surface area is 241 Å². The summed E-state index contributed by atoms with van der Waals surface area (Å²) in [5.74, 6) is 2.05. The Balaban J connectivity index is 1.23. The number of pyridine rings is 1. The van der Waals surface area contributed by atoms with E-state index in [2.05, 4.69) is 33.1 Å². The van der Waals surface area contributed by atoms with Crippen LogP contribution in [-0.4, -0.2) is 68.7 Å². The second-order valence-corrected chi connectivity index (χ2v) is 12.5. The summed E-state index contributed by atoms with van der Waals surface area (Å²) in [6, 6.07) is 4.14. The summed E-state index contributed by atoms with van der Waals surface area (Å²) in [5.41, 5.74) is 3.25. The minimum atomic E-state index is -0.506. The van der Waals surface area contributed by atoms with Gasteiger partial charge in [0.25, 0.3) is 0 Å². The lowest BCUT2D eigenvalue weighted by Gasteiger charge is -2.35. The Hall–Kier alpha value is -3.47. The van der Waals surface area contributed by atoms with Gasteiger partial charge in [-0.1, -0.05) is 0 Å². The molecular formula is C30H42N8O3. The van der Waals surface area contributed by atoms with Crippen molar-refractivity contribution in [2.24, 2.45) is 5.92 Å². The number of carbonyl (C=O) groups is 1. The van der Waals surface area contributed by atoms with Crippen molar-refractivity contribution in [2.45, 2.75) is 90.5 Å². The van der Waals surface area contributed by atoms with Gasteiger partial charge in [-0.15, -0.1) is 5.10 Å². The summed E-state index contributed by atoms with van der Waals surface area (Å²) in [6.45, 7) is 11.0. The summed E-state index contributed by atoms with van der Waals surface area (Å²) < 4.78 is 13.6. The fourth-order valence-electron chi connectivity index (χ4n) is 6.19. The van der Waals surface area contributed by atoms with Crippen LogP contribution in [0.15, 0.2) is 24.5 Å². The molecular weight excluding hydrogens is 520 g/mol. The number of nitrogens with zero attached hydrogens (tertiary/aromatic N) is 7. The molecule has 0 aromatic carbocycles. The quantitative estimate of drug-likeness (QED) is 0.452. The fourth-order valence-corrected chi connectivity index (χ4v) is 6.19. The molecule has 2 unspecified atom stereocenters. The zero-order valence-electron chi connectivity index (χ0n) is 24.7. The van der Waals surface area contributed by atoms with E-state index >= 15 is 0 Å². The van der Waals surface area contributed by atoms with Gasteiger partial charge in [0, 0.05) is 38.5 Å². The highest BCUT2D eigenvalue weighted by Gasteiger charge is 2.31. The number of aromatic nitrogens is 5. The molecule has 41 heavy (non-hydrogen) atoms. The Morgan fingerprint density at radius 3 is 2.71 bits per heavy atom. The van der Waals surface area contributed by atoms with E-state index < -0.39 is 5.60 Å². The van der Waals surface area contributed by atoms with Crippen LogP contribution in [0.4, 0.5) is 22.1 Å². The van der Waals surface area contributed by atoms with Gasteiger partial charge in [-0.3, -0.25) is 4.98 Å². The summed E-state index contributed by atoms with van der Waals surface area (Å²) >= 11 is 0. The first kappa shape index (κ1) is 27.7. The van der Waals surface area contributed by atoms with Crippen molar-refractivity contribution in [3.05, 3.63) is 30.2 Å². The number of hydrogen-bond acceptors (Lipinski definition) is 9. The number of ether oxygens (including phenoxy) is 2. The van der Waals surface area contributed by atoms with Crippen LogP contribution in [0.1, 0.15) is 78.1 Å². The summed E-state index contributed by atoms with van der Waals surface area (Å²) in [5, 5.41) is 8.13. The molecule has 6 heterocycles. The first-order valence-corrected chi connectivity index (χ1v) is 15.1. The standard InChI is InChI=1S/C30H42N8O3/c1-20(33-29(39)41-30(2,3)4)21-12-16-36(17-13-21)24-19-32-26-27(34-24)38(25-11-5-6-18-40-25)35-28(26)37-15-8-9-22-23(37)10-7-14-31-22/h7,10,14,19-21,25H,5-6,8-9,11-13,15-18H2,1-4H3,(H,33,39). The number of hydrogen-bond donors (Lipinski definition) is 1. The molecule has 2 atom stereocenters. The number of amides is 1. The molecule has 0 saturated carbocycles. The summed E-state index contributed by atoms with van der Waals surface area (Å²) in [7, 11) is 0. The minimum absolute atomic E-state index is 0.0370. The average molecular weight is 563 g/mol. The summed E-state index contributed by atoms with van der Waals surface area (Å²) in [6.07, 6.45) is 10.2. The number of rotatable bonds is 5. The summed E-state index contributed by atoms with van der Waals surface area (Å²) in [4.78, 5) is 31.6. The number of alkyl carbamates (subject to hydrolysis) is 1. The molecule has 3 aliphatic rings. The molecule has 1 amide bonds. The van der Waals surface area contributed by atoms with E-state index in [1.54, 1.807) is 0 Å². The monoisotopic (exact) mass is 562 g/mol.